The zero-order valence-electron chi connectivity index (χ0n) is 19.3. The second-order valence-corrected chi connectivity index (χ2v) is 8.03. The molecule has 0 radical (unpaired) electrons. The molecule has 1 aromatic carbocycles. The van der Waals surface area contributed by atoms with E-state index >= 15 is 0 Å². The highest BCUT2D eigenvalue weighted by molar-refractivity contribution is 5.67. The summed E-state index contributed by atoms with van der Waals surface area (Å²) in [5.74, 6) is 1.60. The fraction of sp³-hybridized carbons (Fsp3) is 0.192. The number of morpholine rings is 1. The monoisotopic (exact) mass is 464 g/mol. The number of hydrogen-bond donors (Lipinski definition) is 2. The topological polar surface area (TPSA) is 112 Å². The molecule has 4 aromatic rings. The van der Waals surface area contributed by atoms with E-state index in [9.17, 15) is 5.26 Å². The number of ether oxygens (including phenoxy) is 1. The Balaban J connectivity index is 1.31. The molecular formula is C26H24N8O. The van der Waals surface area contributed by atoms with E-state index in [1.54, 1.807) is 24.4 Å². The normalized spacial score (nSPS) is 13.2. The van der Waals surface area contributed by atoms with E-state index < -0.39 is 0 Å². The molecule has 1 saturated heterocycles. The van der Waals surface area contributed by atoms with Crippen LogP contribution in [0.15, 0.2) is 66.9 Å². The average molecular weight is 465 g/mol. The minimum absolute atomic E-state index is 0.458. The van der Waals surface area contributed by atoms with Gasteiger partial charge in [0.05, 0.1) is 24.5 Å². The number of aromatic nitrogens is 4. The minimum atomic E-state index is 0.458. The van der Waals surface area contributed by atoms with Crippen LogP contribution in [0.2, 0.25) is 0 Å². The van der Waals surface area contributed by atoms with Gasteiger partial charge in [0.1, 0.15) is 23.4 Å². The maximum Gasteiger partial charge on any atom is 0.229 e. The van der Waals surface area contributed by atoms with Gasteiger partial charge in [-0.1, -0.05) is 6.07 Å². The van der Waals surface area contributed by atoms with Gasteiger partial charge in [0.15, 0.2) is 0 Å². The summed E-state index contributed by atoms with van der Waals surface area (Å²) >= 11 is 0. The average Bonchev–Trinajstić information content (AvgIpc) is 2.90. The largest absolute Gasteiger partial charge is 0.378 e. The highest BCUT2D eigenvalue weighted by Crippen LogP contribution is 2.24. The van der Waals surface area contributed by atoms with E-state index in [0.717, 1.165) is 37.7 Å². The molecule has 35 heavy (non-hydrogen) atoms. The van der Waals surface area contributed by atoms with Crippen LogP contribution in [0.5, 0.6) is 0 Å². The van der Waals surface area contributed by atoms with Gasteiger partial charge < -0.3 is 20.3 Å². The smallest absolute Gasteiger partial charge is 0.229 e. The van der Waals surface area contributed by atoms with Crippen LogP contribution in [0.3, 0.4) is 0 Å². The third-order valence-corrected chi connectivity index (χ3v) is 5.56. The van der Waals surface area contributed by atoms with Crippen molar-refractivity contribution in [1.29, 1.82) is 5.26 Å². The number of aryl methyl sites for hydroxylation is 1. The van der Waals surface area contributed by atoms with Crippen LogP contribution < -0.4 is 15.5 Å². The maximum atomic E-state index is 9.52. The number of nitrogens with one attached hydrogen (secondary N) is 2. The van der Waals surface area contributed by atoms with Gasteiger partial charge in [-0.2, -0.15) is 10.2 Å². The Hall–Kier alpha value is -4.55. The lowest BCUT2D eigenvalue weighted by Gasteiger charge is -2.28. The molecule has 1 fully saturated rings. The van der Waals surface area contributed by atoms with E-state index in [2.05, 4.69) is 53.7 Å². The second kappa shape index (κ2) is 10.2. The lowest BCUT2D eigenvalue weighted by Crippen LogP contribution is -2.36. The second-order valence-electron chi connectivity index (χ2n) is 8.03. The fourth-order valence-corrected chi connectivity index (χ4v) is 3.82. The molecule has 0 atom stereocenters. The van der Waals surface area contributed by atoms with Crippen LogP contribution in [0.1, 0.15) is 11.3 Å². The van der Waals surface area contributed by atoms with Crippen LogP contribution in [0.4, 0.5) is 29.0 Å². The molecule has 1 aliphatic heterocycles. The molecule has 9 heteroatoms. The van der Waals surface area contributed by atoms with E-state index in [4.69, 9.17) is 4.74 Å². The van der Waals surface area contributed by atoms with E-state index in [-0.39, 0.29) is 0 Å². The summed E-state index contributed by atoms with van der Waals surface area (Å²) in [6, 6.07) is 21.3. The number of hydrogen-bond acceptors (Lipinski definition) is 9. The van der Waals surface area contributed by atoms with Gasteiger partial charge in [0.2, 0.25) is 5.95 Å². The van der Waals surface area contributed by atoms with Crippen LogP contribution in [0.25, 0.3) is 11.4 Å². The molecule has 9 nitrogen and oxygen atoms in total. The summed E-state index contributed by atoms with van der Waals surface area (Å²) < 4.78 is 5.42. The highest BCUT2D eigenvalue weighted by Gasteiger charge is 2.12. The van der Waals surface area contributed by atoms with Crippen molar-refractivity contribution < 1.29 is 4.74 Å². The predicted octanol–water partition coefficient (Wildman–Crippen LogP) is 4.44. The summed E-state index contributed by atoms with van der Waals surface area (Å²) in [7, 11) is 0. The number of rotatable bonds is 6. The van der Waals surface area contributed by atoms with Crippen LogP contribution in [-0.4, -0.2) is 46.2 Å². The lowest BCUT2D eigenvalue weighted by molar-refractivity contribution is 0.122. The van der Waals surface area contributed by atoms with Crippen molar-refractivity contribution in [1.82, 2.24) is 19.9 Å². The molecule has 0 aliphatic carbocycles. The lowest BCUT2D eigenvalue weighted by atomic mass is 10.1. The first kappa shape index (κ1) is 22.3. The van der Waals surface area contributed by atoms with Crippen molar-refractivity contribution in [2.45, 2.75) is 6.92 Å². The zero-order chi connectivity index (χ0) is 24.0. The molecule has 0 amide bonds. The molecule has 0 saturated carbocycles. The number of benzene rings is 1. The van der Waals surface area contributed by atoms with Crippen LogP contribution in [0, 0.1) is 18.3 Å². The number of nitriles is 1. The predicted molar refractivity (Wildman–Crippen MR) is 135 cm³/mol. The molecule has 3 aromatic heterocycles. The maximum absolute atomic E-state index is 9.52. The number of anilines is 5. The van der Waals surface area contributed by atoms with Gasteiger partial charge in [-0.15, -0.1) is 0 Å². The molecule has 0 bridgehead atoms. The third kappa shape index (κ3) is 5.34. The van der Waals surface area contributed by atoms with E-state index in [0.29, 0.717) is 34.5 Å². The van der Waals surface area contributed by atoms with Gasteiger partial charge in [0.25, 0.3) is 0 Å². The molecule has 0 spiro atoms. The van der Waals surface area contributed by atoms with Gasteiger partial charge in [0, 0.05) is 36.4 Å². The summed E-state index contributed by atoms with van der Waals surface area (Å²) in [4.78, 5) is 20.3. The van der Waals surface area contributed by atoms with Gasteiger partial charge in [-0.05, 0) is 61.5 Å². The van der Waals surface area contributed by atoms with Crippen molar-refractivity contribution in [3.63, 3.8) is 0 Å². The molecule has 1 aliphatic rings. The van der Waals surface area contributed by atoms with Crippen molar-refractivity contribution >= 4 is 29.0 Å². The minimum Gasteiger partial charge on any atom is -0.378 e. The van der Waals surface area contributed by atoms with Gasteiger partial charge in [-0.25, -0.2) is 9.97 Å². The van der Waals surface area contributed by atoms with Gasteiger partial charge in [-0.3, -0.25) is 4.98 Å². The zero-order valence-corrected chi connectivity index (χ0v) is 19.3. The van der Waals surface area contributed by atoms with Gasteiger partial charge >= 0.3 is 0 Å². The summed E-state index contributed by atoms with van der Waals surface area (Å²) in [6.45, 7) is 5.21. The molecule has 174 valence electrons. The summed E-state index contributed by atoms with van der Waals surface area (Å²) in [5.41, 5.74) is 4.55. The Bertz CT molecular complexity index is 1360. The first-order valence-electron chi connectivity index (χ1n) is 11.3. The van der Waals surface area contributed by atoms with Crippen LogP contribution >= 0.6 is 0 Å². The van der Waals surface area contributed by atoms with E-state index in [1.807, 2.05) is 37.3 Å². The highest BCUT2D eigenvalue weighted by atomic mass is 16.5. The summed E-state index contributed by atoms with van der Waals surface area (Å²) in [6.07, 6.45) is 1.67. The first-order chi connectivity index (χ1) is 17.2. The fourth-order valence-electron chi connectivity index (χ4n) is 3.82. The Labute approximate surface area is 203 Å². The first-order valence-corrected chi connectivity index (χ1v) is 11.3. The Morgan fingerprint density at radius 3 is 2.46 bits per heavy atom. The molecular weight excluding hydrogens is 440 g/mol. The van der Waals surface area contributed by atoms with Crippen LogP contribution in [-0.2, 0) is 4.74 Å². The quantitative estimate of drug-likeness (QED) is 0.428. The molecule has 4 heterocycles. The SMILES string of the molecule is Cc1cccc(-c2nc(Nc3ccnc(Nc4ccc(N5CCOCC5)cc4)n3)ccc2C#N)n1. The van der Waals surface area contributed by atoms with Crippen molar-refractivity contribution in [3.8, 4) is 17.5 Å². The number of pyridine rings is 2. The Morgan fingerprint density at radius 2 is 1.69 bits per heavy atom. The molecule has 2 N–H and O–H groups in total. The standard InChI is InChI=1S/C26H24N8O/c1-18-3-2-4-22(29-18)25-19(17-27)5-10-23(32-25)31-24-11-12-28-26(33-24)30-20-6-8-21(9-7-20)34-13-15-35-16-14-34/h2-12H,13-16H2,1H3,(H2,28,30,31,32,33). The number of nitrogens with zero attached hydrogens (tertiary/aromatic N) is 6. The third-order valence-electron chi connectivity index (χ3n) is 5.56. The molecule has 5 rings (SSSR count). The Kier molecular flexibility index (Phi) is 6.46. The Morgan fingerprint density at radius 1 is 0.886 bits per heavy atom. The van der Waals surface area contributed by atoms with E-state index in [1.165, 1.54) is 5.69 Å². The summed E-state index contributed by atoms with van der Waals surface area (Å²) in [5, 5.41) is 16.0. The van der Waals surface area contributed by atoms with Crippen molar-refractivity contribution in [2.75, 3.05) is 41.8 Å². The molecule has 0 unspecified atom stereocenters. The van der Waals surface area contributed by atoms with Crippen molar-refractivity contribution in [2.24, 2.45) is 0 Å². The van der Waals surface area contributed by atoms with Crippen molar-refractivity contribution in [3.05, 3.63) is 78.1 Å².